The van der Waals surface area contributed by atoms with Crippen molar-refractivity contribution in [3.05, 3.63) is 53.0 Å². The Bertz CT molecular complexity index is 924. The normalized spacial score (nSPS) is 10.8. The second kappa shape index (κ2) is 6.54. The van der Waals surface area contributed by atoms with Crippen LogP contribution in [0.5, 0.6) is 0 Å². The maximum atomic E-state index is 14.2. The van der Waals surface area contributed by atoms with Crippen LogP contribution in [0.2, 0.25) is 0 Å². The number of nitrogens with zero attached hydrogens (tertiary/aromatic N) is 1. The number of anilines is 2. The molecule has 0 bridgehead atoms. The predicted octanol–water partition coefficient (Wildman–Crippen LogP) is 4.09. The molecule has 1 amide bonds. The Morgan fingerprint density at radius 2 is 2.08 bits per heavy atom. The zero-order valence-corrected chi connectivity index (χ0v) is 14.3. The summed E-state index contributed by atoms with van der Waals surface area (Å²) in [6, 6.07) is 6.72. The van der Waals surface area contributed by atoms with Crippen LogP contribution in [0.25, 0.3) is 10.2 Å². The number of fused-ring (bicyclic) bond motifs is 1. The third-order valence-corrected chi connectivity index (χ3v) is 4.61. The lowest BCUT2D eigenvalue weighted by atomic mass is 10.1. The zero-order chi connectivity index (χ0) is 17.3. The van der Waals surface area contributed by atoms with Crippen LogP contribution in [0, 0.1) is 19.7 Å². The summed E-state index contributed by atoms with van der Waals surface area (Å²) in [7, 11) is 1.37. The highest BCUT2D eigenvalue weighted by molar-refractivity contribution is 7.23. The molecule has 0 aliphatic heterocycles. The minimum absolute atomic E-state index is 0.302. The fraction of sp³-hybridized carbons (Fsp3) is 0.176. The summed E-state index contributed by atoms with van der Waals surface area (Å²) in [5.74, 6) is -0.787. The summed E-state index contributed by atoms with van der Waals surface area (Å²) in [6.07, 6.45) is 1.68. The molecular weight excluding hydrogens is 329 g/mol. The fourth-order valence-electron chi connectivity index (χ4n) is 2.47. The molecule has 2 aromatic heterocycles. The Morgan fingerprint density at radius 1 is 1.29 bits per heavy atom. The van der Waals surface area contributed by atoms with Crippen LogP contribution >= 0.6 is 11.3 Å². The number of pyridine rings is 1. The van der Waals surface area contributed by atoms with E-state index in [0.717, 1.165) is 16.5 Å². The average Bonchev–Trinajstić information content (AvgIpc) is 2.90. The zero-order valence-electron chi connectivity index (χ0n) is 13.4. The predicted molar refractivity (Wildman–Crippen MR) is 93.3 cm³/mol. The van der Waals surface area contributed by atoms with Crippen molar-refractivity contribution >= 4 is 38.1 Å². The molecule has 3 rings (SSSR count). The molecule has 0 unspecified atom stereocenters. The molecule has 5 nitrogen and oxygen atoms in total. The molecule has 2 heterocycles. The largest absolute Gasteiger partial charge is 0.344 e. The third kappa shape index (κ3) is 2.95. The van der Waals surface area contributed by atoms with Gasteiger partial charge in [0.05, 0.1) is 18.4 Å². The highest BCUT2D eigenvalue weighted by Gasteiger charge is 2.22. The van der Waals surface area contributed by atoms with Gasteiger partial charge in [0.15, 0.2) is 0 Å². The van der Waals surface area contributed by atoms with Crippen LogP contribution in [0.15, 0.2) is 30.5 Å². The minimum atomic E-state index is -0.408. The Labute approximate surface area is 142 Å². The highest BCUT2D eigenvalue weighted by atomic mass is 32.1. The van der Waals surface area contributed by atoms with Crippen molar-refractivity contribution in [3.8, 4) is 0 Å². The van der Waals surface area contributed by atoms with Crippen LogP contribution in [0.3, 0.4) is 0 Å². The Balaban J connectivity index is 2.14. The van der Waals surface area contributed by atoms with E-state index in [1.807, 2.05) is 19.9 Å². The van der Waals surface area contributed by atoms with Crippen molar-refractivity contribution in [3.63, 3.8) is 0 Å². The van der Waals surface area contributed by atoms with E-state index in [-0.39, 0.29) is 5.82 Å². The SMILES string of the molecule is CONC(=O)c1c(Nc2ccc(C)cc2F)sc2nccc(C)c12. The molecule has 0 radical (unpaired) electrons. The number of hydrogen-bond acceptors (Lipinski definition) is 5. The quantitative estimate of drug-likeness (QED) is 0.699. The number of rotatable bonds is 4. The number of carbonyl (C=O) groups is 1. The van der Waals surface area contributed by atoms with Crippen molar-refractivity contribution in [2.75, 3.05) is 12.4 Å². The lowest BCUT2D eigenvalue weighted by Crippen LogP contribution is -2.22. The highest BCUT2D eigenvalue weighted by Crippen LogP contribution is 2.38. The van der Waals surface area contributed by atoms with Gasteiger partial charge in [-0.3, -0.25) is 9.63 Å². The second-order valence-corrected chi connectivity index (χ2v) is 6.36. The van der Waals surface area contributed by atoms with E-state index < -0.39 is 5.91 Å². The number of halogens is 1. The number of hydroxylamine groups is 1. The maximum absolute atomic E-state index is 14.2. The first-order valence-corrected chi connectivity index (χ1v) is 8.07. The number of aromatic nitrogens is 1. The van der Waals surface area contributed by atoms with Gasteiger partial charge in [-0.2, -0.15) is 0 Å². The van der Waals surface area contributed by atoms with Gasteiger partial charge in [0.25, 0.3) is 5.91 Å². The van der Waals surface area contributed by atoms with E-state index in [1.54, 1.807) is 18.3 Å². The monoisotopic (exact) mass is 345 g/mol. The molecule has 1 aromatic carbocycles. The van der Waals surface area contributed by atoms with Crippen LogP contribution < -0.4 is 10.8 Å². The van der Waals surface area contributed by atoms with Crippen LogP contribution in [0.4, 0.5) is 15.1 Å². The smallest absolute Gasteiger partial charge is 0.278 e. The number of amides is 1. The standard InChI is InChI=1S/C17H16FN3O2S/c1-9-4-5-12(11(18)8-9)20-17-14(15(22)21-23-3)13-10(2)6-7-19-16(13)24-17/h4-8,20H,1-3H3,(H,21,22). The molecule has 24 heavy (non-hydrogen) atoms. The van der Waals surface area contributed by atoms with Gasteiger partial charge in [-0.05, 0) is 43.2 Å². The molecule has 124 valence electrons. The molecule has 7 heteroatoms. The number of nitrogens with one attached hydrogen (secondary N) is 2. The fourth-order valence-corrected chi connectivity index (χ4v) is 3.60. The van der Waals surface area contributed by atoms with E-state index >= 15 is 0 Å². The Hall–Kier alpha value is -2.51. The van der Waals surface area contributed by atoms with Gasteiger partial charge in [0, 0.05) is 11.6 Å². The molecule has 0 spiro atoms. The molecule has 3 aromatic rings. The molecule has 0 saturated carbocycles. The Morgan fingerprint density at radius 3 is 2.79 bits per heavy atom. The number of aryl methyl sites for hydroxylation is 2. The summed E-state index contributed by atoms with van der Waals surface area (Å²) in [6.45, 7) is 3.72. The van der Waals surface area contributed by atoms with E-state index in [1.165, 1.54) is 24.5 Å². The molecule has 0 aliphatic carbocycles. The molecule has 0 fully saturated rings. The maximum Gasteiger partial charge on any atom is 0.278 e. The first-order valence-electron chi connectivity index (χ1n) is 7.26. The lowest BCUT2D eigenvalue weighted by molar-refractivity contribution is 0.0540. The summed E-state index contributed by atoms with van der Waals surface area (Å²) in [4.78, 5) is 22.2. The lowest BCUT2D eigenvalue weighted by Gasteiger charge is -2.09. The number of thiophene rings is 1. The van der Waals surface area contributed by atoms with Crippen LogP contribution in [-0.2, 0) is 4.84 Å². The van der Waals surface area contributed by atoms with Crippen molar-refractivity contribution in [1.82, 2.24) is 10.5 Å². The number of benzene rings is 1. The molecule has 0 atom stereocenters. The number of hydrogen-bond donors (Lipinski definition) is 2. The van der Waals surface area contributed by atoms with Gasteiger partial charge < -0.3 is 5.32 Å². The summed E-state index contributed by atoms with van der Waals surface area (Å²) >= 11 is 1.29. The van der Waals surface area contributed by atoms with Gasteiger partial charge >= 0.3 is 0 Å². The minimum Gasteiger partial charge on any atom is -0.344 e. The Kier molecular flexibility index (Phi) is 4.46. The van der Waals surface area contributed by atoms with Gasteiger partial charge in [-0.25, -0.2) is 14.9 Å². The van der Waals surface area contributed by atoms with Crippen molar-refractivity contribution < 1.29 is 14.0 Å². The first kappa shape index (κ1) is 16.4. The van der Waals surface area contributed by atoms with E-state index in [9.17, 15) is 9.18 Å². The van der Waals surface area contributed by atoms with E-state index in [0.29, 0.717) is 21.1 Å². The second-order valence-electron chi connectivity index (χ2n) is 5.36. The van der Waals surface area contributed by atoms with Gasteiger partial charge in [0.1, 0.15) is 15.6 Å². The number of carbonyl (C=O) groups excluding carboxylic acids is 1. The molecule has 2 N–H and O–H groups in total. The average molecular weight is 345 g/mol. The van der Waals surface area contributed by atoms with Crippen LogP contribution in [-0.4, -0.2) is 18.0 Å². The van der Waals surface area contributed by atoms with E-state index in [2.05, 4.69) is 15.8 Å². The van der Waals surface area contributed by atoms with Crippen molar-refractivity contribution in [2.45, 2.75) is 13.8 Å². The van der Waals surface area contributed by atoms with Gasteiger partial charge in [-0.15, -0.1) is 0 Å². The van der Waals surface area contributed by atoms with Gasteiger partial charge in [0.2, 0.25) is 0 Å². The topological polar surface area (TPSA) is 63.2 Å². The first-order chi connectivity index (χ1) is 11.5. The van der Waals surface area contributed by atoms with E-state index in [4.69, 9.17) is 4.84 Å². The summed E-state index contributed by atoms with van der Waals surface area (Å²) in [5, 5.41) is 4.26. The van der Waals surface area contributed by atoms with Gasteiger partial charge in [-0.1, -0.05) is 17.4 Å². The van der Waals surface area contributed by atoms with Crippen molar-refractivity contribution in [1.29, 1.82) is 0 Å². The van der Waals surface area contributed by atoms with Crippen molar-refractivity contribution in [2.24, 2.45) is 0 Å². The summed E-state index contributed by atoms with van der Waals surface area (Å²) in [5.41, 5.74) is 4.75. The molecular formula is C17H16FN3O2S. The summed E-state index contributed by atoms with van der Waals surface area (Å²) < 4.78 is 14.2. The molecule has 0 aliphatic rings. The third-order valence-electron chi connectivity index (χ3n) is 3.59. The molecule has 0 saturated heterocycles. The van der Waals surface area contributed by atoms with Crippen LogP contribution in [0.1, 0.15) is 21.5 Å².